The molecule has 1 aromatic carbocycles. The summed E-state index contributed by atoms with van der Waals surface area (Å²) in [6.45, 7) is 2.79. The number of hydrogen-bond acceptors (Lipinski definition) is 4. The molecule has 0 bridgehead atoms. The Morgan fingerprint density at radius 2 is 1.90 bits per heavy atom. The smallest absolute Gasteiger partial charge is 0.238 e. The van der Waals surface area contributed by atoms with Gasteiger partial charge in [-0.25, -0.2) is 13.6 Å². The largest absolute Gasteiger partial charge is 0.352 e. The zero-order valence-corrected chi connectivity index (χ0v) is 12.3. The maximum Gasteiger partial charge on any atom is 0.238 e. The van der Waals surface area contributed by atoms with Crippen LogP contribution in [0.1, 0.15) is 25.3 Å². The second-order valence-electron chi connectivity index (χ2n) is 4.74. The standard InChI is InChI=1S/C13H21N3O3S/c1-10(3-2-8-14)13(17)16-9-11-4-6-12(7-5-11)20(15,18)19/h4-7,10H,2-3,8-9,14H2,1H3,(H,16,17)(H2,15,18,19). The fourth-order valence-corrected chi connectivity index (χ4v) is 2.23. The molecule has 20 heavy (non-hydrogen) atoms. The van der Waals surface area contributed by atoms with Gasteiger partial charge in [-0.05, 0) is 37.1 Å². The van der Waals surface area contributed by atoms with Gasteiger partial charge in [0.1, 0.15) is 0 Å². The van der Waals surface area contributed by atoms with Crippen LogP contribution in [0.25, 0.3) is 0 Å². The summed E-state index contributed by atoms with van der Waals surface area (Å²) in [5.41, 5.74) is 6.22. The van der Waals surface area contributed by atoms with Gasteiger partial charge in [-0.3, -0.25) is 4.79 Å². The molecule has 0 fully saturated rings. The van der Waals surface area contributed by atoms with Gasteiger partial charge in [0.15, 0.2) is 0 Å². The monoisotopic (exact) mass is 299 g/mol. The van der Waals surface area contributed by atoms with Crippen LogP contribution in [0.5, 0.6) is 0 Å². The lowest BCUT2D eigenvalue weighted by Crippen LogP contribution is -2.29. The van der Waals surface area contributed by atoms with Gasteiger partial charge < -0.3 is 11.1 Å². The lowest BCUT2D eigenvalue weighted by atomic mass is 10.0. The number of hydrogen-bond donors (Lipinski definition) is 3. The highest BCUT2D eigenvalue weighted by molar-refractivity contribution is 7.89. The number of benzene rings is 1. The average molecular weight is 299 g/mol. The Hall–Kier alpha value is -1.44. The van der Waals surface area contributed by atoms with Crippen LogP contribution in [0.15, 0.2) is 29.2 Å². The Labute approximate surface area is 119 Å². The summed E-state index contributed by atoms with van der Waals surface area (Å²) in [7, 11) is -3.67. The molecular formula is C13H21N3O3S. The molecule has 5 N–H and O–H groups in total. The van der Waals surface area contributed by atoms with Gasteiger partial charge in [0, 0.05) is 12.5 Å². The van der Waals surface area contributed by atoms with E-state index >= 15 is 0 Å². The third-order valence-corrected chi connectivity index (χ3v) is 3.94. The Morgan fingerprint density at radius 3 is 2.40 bits per heavy atom. The second kappa shape index (κ2) is 7.37. The number of amides is 1. The van der Waals surface area contributed by atoms with Gasteiger partial charge >= 0.3 is 0 Å². The minimum atomic E-state index is -3.67. The van der Waals surface area contributed by atoms with E-state index in [-0.39, 0.29) is 16.7 Å². The van der Waals surface area contributed by atoms with Crippen LogP contribution >= 0.6 is 0 Å². The van der Waals surface area contributed by atoms with Gasteiger partial charge in [-0.2, -0.15) is 0 Å². The maximum absolute atomic E-state index is 11.8. The fraction of sp³-hybridized carbons (Fsp3) is 0.462. The van der Waals surface area contributed by atoms with Crippen LogP contribution in [0.4, 0.5) is 0 Å². The van der Waals surface area contributed by atoms with Gasteiger partial charge in [0.25, 0.3) is 0 Å². The highest BCUT2D eigenvalue weighted by atomic mass is 32.2. The zero-order chi connectivity index (χ0) is 15.2. The summed E-state index contributed by atoms with van der Waals surface area (Å²) < 4.78 is 22.2. The van der Waals surface area contributed by atoms with E-state index in [2.05, 4.69) is 5.32 Å². The molecule has 6 nitrogen and oxygen atoms in total. The van der Waals surface area contributed by atoms with E-state index in [1.165, 1.54) is 12.1 Å². The quantitative estimate of drug-likeness (QED) is 0.672. The molecule has 0 heterocycles. The third-order valence-electron chi connectivity index (χ3n) is 3.01. The molecule has 112 valence electrons. The molecule has 1 atom stereocenters. The first-order chi connectivity index (χ1) is 9.34. The molecule has 1 aromatic rings. The minimum Gasteiger partial charge on any atom is -0.352 e. The zero-order valence-electron chi connectivity index (χ0n) is 11.5. The van der Waals surface area contributed by atoms with E-state index in [4.69, 9.17) is 10.9 Å². The molecule has 0 saturated carbocycles. The molecule has 0 aliphatic rings. The van der Waals surface area contributed by atoms with E-state index in [9.17, 15) is 13.2 Å². The number of nitrogens with two attached hydrogens (primary N) is 2. The van der Waals surface area contributed by atoms with Crippen LogP contribution in [-0.4, -0.2) is 20.9 Å². The summed E-state index contributed by atoms with van der Waals surface area (Å²) in [5.74, 6) is -0.115. The fourth-order valence-electron chi connectivity index (χ4n) is 1.72. The number of sulfonamides is 1. The molecule has 0 radical (unpaired) electrons. The molecule has 0 spiro atoms. The second-order valence-corrected chi connectivity index (χ2v) is 6.30. The minimum absolute atomic E-state index is 0.0334. The van der Waals surface area contributed by atoms with E-state index in [0.717, 1.165) is 18.4 Å². The molecule has 1 rings (SSSR count). The van der Waals surface area contributed by atoms with Crippen molar-refractivity contribution in [3.05, 3.63) is 29.8 Å². The van der Waals surface area contributed by atoms with Crippen molar-refractivity contribution in [2.45, 2.75) is 31.2 Å². The summed E-state index contributed by atoms with van der Waals surface area (Å²) in [4.78, 5) is 11.8. The average Bonchev–Trinajstić information content (AvgIpc) is 2.41. The SMILES string of the molecule is CC(CCCN)C(=O)NCc1ccc(S(N)(=O)=O)cc1. The number of nitrogens with one attached hydrogen (secondary N) is 1. The Kier molecular flexibility index (Phi) is 6.12. The van der Waals surface area contributed by atoms with Crippen molar-refractivity contribution in [2.75, 3.05) is 6.54 Å². The van der Waals surface area contributed by atoms with Crippen LogP contribution in [0.3, 0.4) is 0 Å². The maximum atomic E-state index is 11.8. The van der Waals surface area contributed by atoms with Gasteiger partial charge in [0.05, 0.1) is 4.90 Å². The van der Waals surface area contributed by atoms with Crippen LogP contribution in [-0.2, 0) is 21.4 Å². The van der Waals surface area contributed by atoms with E-state index < -0.39 is 10.0 Å². The molecule has 0 saturated heterocycles. The van der Waals surface area contributed by atoms with Crippen LogP contribution in [0, 0.1) is 5.92 Å². The molecule has 0 aliphatic heterocycles. The van der Waals surface area contributed by atoms with Gasteiger partial charge in [0.2, 0.25) is 15.9 Å². The molecule has 0 aliphatic carbocycles. The first-order valence-electron chi connectivity index (χ1n) is 6.44. The molecular weight excluding hydrogens is 278 g/mol. The highest BCUT2D eigenvalue weighted by Gasteiger charge is 2.12. The van der Waals surface area contributed by atoms with Crippen molar-refractivity contribution < 1.29 is 13.2 Å². The van der Waals surface area contributed by atoms with E-state index in [0.29, 0.717) is 13.1 Å². The summed E-state index contributed by atoms with van der Waals surface area (Å²) in [6, 6.07) is 6.11. The topological polar surface area (TPSA) is 115 Å². The van der Waals surface area contributed by atoms with Crippen molar-refractivity contribution in [3.63, 3.8) is 0 Å². The van der Waals surface area contributed by atoms with E-state index in [1.54, 1.807) is 12.1 Å². The Bertz CT molecular complexity index is 540. The van der Waals surface area contributed by atoms with E-state index in [1.807, 2.05) is 6.92 Å². The van der Waals surface area contributed by atoms with Crippen molar-refractivity contribution in [2.24, 2.45) is 16.8 Å². The number of primary sulfonamides is 1. The summed E-state index contributed by atoms with van der Waals surface area (Å²) in [5, 5.41) is 7.81. The Balaban J connectivity index is 2.52. The number of rotatable bonds is 7. The number of carbonyl (C=O) groups excluding carboxylic acids is 1. The predicted octanol–water partition coefficient (Wildman–Crippen LogP) is 0.325. The predicted molar refractivity (Wildman–Crippen MR) is 77.1 cm³/mol. The molecule has 0 aromatic heterocycles. The lowest BCUT2D eigenvalue weighted by molar-refractivity contribution is -0.124. The van der Waals surface area contributed by atoms with Crippen molar-refractivity contribution in [1.29, 1.82) is 0 Å². The van der Waals surface area contributed by atoms with Crippen molar-refractivity contribution in [1.82, 2.24) is 5.32 Å². The Morgan fingerprint density at radius 1 is 1.30 bits per heavy atom. The normalized spacial score (nSPS) is 12.9. The summed E-state index contributed by atoms with van der Waals surface area (Å²) >= 11 is 0. The van der Waals surface area contributed by atoms with Crippen LogP contribution in [0.2, 0.25) is 0 Å². The molecule has 1 unspecified atom stereocenters. The first-order valence-corrected chi connectivity index (χ1v) is 7.98. The van der Waals surface area contributed by atoms with Gasteiger partial charge in [-0.1, -0.05) is 19.1 Å². The lowest BCUT2D eigenvalue weighted by Gasteiger charge is -2.11. The third kappa shape index (κ3) is 5.28. The van der Waals surface area contributed by atoms with Crippen molar-refractivity contribution in [3.8, 4) is 0 Å². The summed E-state index contributed by atoms with van der Waals surface area (Å²) in [6.07, 6.45) is 1.57. The van der Waals surface area contributed by atoms with Gasteiger partial charge in [-0.15, -0.1) is 0 Å². The molecule has 7 heteroatoms. The first kappa shape index (κ1) is 16.6. The van der Waals surface area contributed by atoms with Crippen LogP contribution < -0.4 is 16.2 Å². The number of carbonyl (C=O) groups is 1. The van der Waals surface area contributed by atoms with Crippen molar-refractivity contribution >= 4 is 15.9 Å². The highest BCUT2D eigenvalue weighted by Crippen LogP contribution is 2.09. The molecule has 1 amide bonds.